The standard InChI is InChI=1S/C14H16N2/c1-2-6-12(7-3-1)10-13-11-16-9-5-4-8-14(16)15-13/h1-3,6-7,11H,4-5,8-10H2. The van der Waals surface area contributed by atoms with E-state index in [-0.39, 0.29) is 0 Å². The van der Waals surface area contributed by atoms with E-state index in [0.29, 0.717) is 0 Å². The van der Waals surface area contributed by atoms with Gasteiger partial charge in [0.25, 0.3) is 0 Å². The quantitative estimate of drug-likeness (QED) is 0.748. The highest BCUT2D eigenvalue weighted by Crippen LogP contribution is 2.16. The smallest absolute Gasteiger partial charge is 0.108 e. The number of fused-ring (bicyclic) bond motifs is 1. The first-order chi connectivity index (χ1) is 7.92. The number of rotatable bonds is 2. The van der Waals surface area contributed by atoms with Crippen molar-refractivity contribution < 1.29 is 0 Å². The van der Waals surface area contributed by atoms with Crippen molar-refractivity contribution in [1.82, 2.24) is 9.55 Å². The number of aryl methyl sites for hydroxylation is 2. The van der Waals surface area contributed by atoms with E-state index in [1.807, 2.05) is 0 Å². The van der Waals surface area contributed by atoms with Gasteiger partial charge < -0.3 is 4.57 Å². The summed E-state index contributed by atoms with van der Waals surface area (Å²) >= 11 is 0. The van der Waals surface area contributed by atoms with Gasteiger partial charge in [-0.1, -0.05) is 30.3 Å². The third-order valence-electron chi connectivity index (χ3n) is 3.19. The van der Waals surface area contributed by atoms with Crippen LogP contribution in [-0.4, -0.2) is 9.55 Å². The minimum Gasteiger partial charge on any atom is -0.335 e. The van der Waals surface area contributed by atoms with Crippen LogP contribution in [-0.2, 0) is 19.4 Å². The lowest BCUT2D eigenvalue weighted by Gasteiger charge is -2.11. The highest BCUT2D eigenvalue weighted by molar-refractivity contribution is 5.21. The Bertz CT molecular complexity index is 447. The lowest BCUT2D eigenvalue weighted by atomic mass is 10.1. The summed E-state index contributed by atoms with van der Waals surface area (Å²) in [5.41, 5.74) is 2.56. The average Bonchev–Trinajstić information content (AvgIpc) is 2.72. The summed E-state index contributed by atoms with van der Waals surface area (Å²) in [6, 6.07) is 10.6. The normalized spacial score (nSPS) is 14.8. The summed E-state index contributed by atoms with van der Waals surface area (Å²) in [7, 11) is 0. The predicted octanol–water partition coefficient (Wildman–Crippen LogP) is 2.81. The van der Waals surface area contributed by atoms with Gasteiger partial charge in [-0.3, -0.25) is 0 Å². The van der Waals surface area contributed by atoms with Crippen LogP contribution in [0.15, 0.2) is 36.5 Å². The molecule has 3 rings (SSSR count). The monoisotopic (exact) mass is 212 g/mol. The molecule has 2 heteroatoms. The first-order valence-electron chi connectivity index (χ1n) is 6.01. The Morgan fingerprint density at radius 3 is 2.81 bits per heavy atom. The molecule has 0 radical (unpaired) electrons. The molecule has 82 valence electrons. The lowest BCUT2D eigenvalue weighted by molar-refractivity contribution is 0.522. The number of hydrogen-bond acceptors (Lipinski definition) is 1. The number of benzene rings is 1. The van der Waals surface area contributed by atoms with Crippen molar-refractivity contribution in [2.75, 3.05) is 0 Å². The molecule has 0 aliphatic carbocycles. The van der Waals surface area contributed by atoms with E-state index in [2.05, 4.69) is 41.1 Å². The number of nitrogens with zero attached hydrogens (tertiary/aromatic N) is 2. The molecular weight excluding hydrogens is 196 g/mol. The molecule has 2 nitrogen and oxygen atoms in total. The van der Waals surface area contributed by atoms with Crippen molar-refractivity contribution in [2.24, 2.45) is 0 Å². The number of imidazole rings is 1. The maximum absolute atomic E-state index is 4.71. The summed E-state index contributed by atoms with van der Waals surface area (Å²) in [4.78, 5) is 4.71. The predicted molar refractivity (Wildman–Crippen MR) is 64.4 cm³/mol. The Labute approximate surface area is 95.9 Å². The van der Waals surface area contributed by atoms with Gasteiger partial charge in [0.05, 0.1) is 5.69 Å². The van der Waals surface area contributed by atoms with Gasteiger partial charge in [-0.2, -0.15) is 0 Å². The summed E-state index contributed by atoms with van der Waals surface area (Å²) in [6.07, 6.45) is 6.92. The molecule has 0 saturated heterocycles. The van der Waals surface area contributed by atoms with Crippen LogP contribution >= 0.6 is 0 Å². The second-order valence-electron chi connectivity index (χ2n) is 4.46. The fourth-order valence-corrected chi connectivity index (χ4v) is 2.36. The molecule has 0 unspecified atom stereocenters. The maximum atomic E-state index is 4.71. The molecule has 0 amide bonds. The first-order valence-corrected chi connectivity index (χ1v) is 6.01. The Morgan fingerprint density at radius 2 is 2.00 bits per heavy atom. The lowest BCUT2D eigenvalue weighted by Crippen LogP contribution is -2.08. The molecule has 0 spiro atoms. The molecule has 0 bridgehead atoms. The van der Waals surface area contributed by atoms with Gasteiger partial charge >= 0.3 is 0 Å². The van der Waals surface area contributed by atoms with Crippen LogP contribution in [0.2, 0.25) is 0 Å². The highest BCUT2D eigenvalue weighted by Gasteiger charge is 2.11. The first kappa shape index (κ1) is 9.64. The van der Waals surface area contributed by atoms with Crippen LogP contribution in [0, 0.1) is 0 Å². The summed E-state index contributed by atoms with van der Waals surface area (Å²) < 4.78 is 2.32. The Hall–Kier alpha value is -1.57. The molecule has 1 aliphatic rings. The molecular formula is C14H16N2. The van der Waals surface area contributed by atoms with E-state index in [1.165, 1.54) is 29.9 Å². The van der Waals surface area contributed by atoms with Crippen LogP contribution in [0.3, 0.4) is 0 Å². The summed E-state index contributed by atoms with van der Waals surface area (Å²) in [5, 5.41) is 0. The minimum atomic E-state index is 0.959. The van der Waals surface area contributed by atoms with Crippen LogP contribution in [0.25, 0.3) is 0 Å². The van der Waals surface area contributed by atoms with E-state index in [1.54, 1.807) is 0 Å². The number of aromatic nitrogens is 2. The van der Waals surface area contributed by atoms with E-state index >= 15 is 0 Å². The topological polar surface area (TPSA) is 17.8 Å². The van der Waals surface area contributed by atoms with Gasteiger partial charge in [0.15, 0.2) is 0 Å². The van der Waals surface area contributed by atoms with Crippen molar-refractivity contribution in [3.63, 3.8) is 0 Å². The third kappa shape index (κ3) is 1.87. The van der Waals surface area contributed by atoms with Crippen LogP contribution in [0.4, 0.5) is 0 Å². The van der Waals surface area contributed by atoms with Crippen LogP contribution < -0.4 is 0 Å². The highest BCUT2D eigenvalue weighted by atomic mass is 15.1. The van der Waals surface area contributed by atoms with Gasteiger partial charge in [0.1, 0.15) is 5.82 Å². The Balaban J connectivity index is 1.83. The minimum absolute atomic E-state index is 0.959. The van der Waals surface area contributed by atoms with Gasteiger partial charge in [-0.25, -0.2) is 4.98 Å². The Morgan fingerprint density at radius 1 is 1.12 bits per heavy atom. The zero-order valence-corrected chi connectivity index (χ0v) is 9.39. The fourth-order valence-electron chi connectivity index (χ4n) is 2.36. The van der Waals surface area contributed by atoms with E-state index in [9.17, 15) is 0 Å². The fraction of sp³-hybridized carbons (Fsp3) is 0.357. The van der Waals surface area contributed by atoms with Gasteiger partial charge in [-0.05, 0) is 18.4 Å². The molecule has 0 atom stereocenters. The van der Waals surface area contributed by atoms with Crippen molar-refractivity contribution in [1.29, 1.82) is 0 Å². The van der Waals surface area contributed by atoms with Crippen LogP contribution in [0.1, 0.15) is 29.9 Å². The second-order valence-corrected chi connectivity index (χ2v) is 4.46. The van der Waals surface area contributed by atoms with E-state index in [4.69, 9.17) is 4.98 Å². The van der Waals surface area contributed by atoms with Gasteiger partial charge in [-0.15, -0.1) is 0 Å². The zero-order valence-electron chi connectivity index (χ0n) is 9.39. The maximum Gasteiger partial charge on any atom is 0.108 e. The third-order valence-corrected chi connectivity index (χ3v) is 3.19. The molecule has 2 aromatic rings. The molecule has 16 heavy (non-hydrogen) atoms. The Kier molecular flexibility index (Phi) is 2.49. The summed E-state index contributed by atoms with van der Waals surface area (Å²) in [5.74, 6) is 1.28. The van der Waals surface area contributed by atoms with Crippen molar-refractivity contribution in [3.8, 4) is 0 Å². The van der Waals surface area contributed by atoms with Crippen molar-refractivity contribution >= 4 is 0 Å². The molecule has 1 aromatic heterocycles. The average molecular weight is 212 g/mol. The second kappa shape index (κ2) is 4.12. The van der Waals surface area contributed by atoms with E-state index < -0.39 is 0 Å². The van der Waals surface area contributed by atoms with E-state index in [0.717, 1.165) is 19.4 Å². The zero-order chi connectivity index (χ0) is 10.8. The molecule has 0 N–H and O–H groups in total. The molecule has 1 aromatic carbocycles. The van der Waals surface area contributed by atoms with Gasteiger partial charge in [0, 0.05) is 25.6 Å². The molecule has 0 fully saturated rings. The molecule has 1 aliphatic heterocycles. The largest absolute Gasteiger partial charge is 0.335 e. The molecule has 0 saturated carbocycles. The van der Waals surface area contributed by atoms with Crippen LogP contribution in [0.5, 0.6) is 0 Å². The van der Waals surface area contributed by atoms with Crippen molar-refractivity contribution in [2.45, 2.75) is 32.2 Å². The SMILES string of the molecule is c1ccc(Cc2cn3c(n2)CCCC3)cc1. The van der Waals surface area contributed by atoms with Gasteiger partial charge in [0.2, 0.25) is 0 Å². The van der Waals surface area contributed by atoms with Crippen molar-refractivity contribution in [3.05, 3.63) is 53.6 Å². The summed E-state index contributed by atoms with van der Waals surface area (Å²) in [6.45, 7) is 1.15. The number of hydrogen-bond donors (Lipinski definition) is 0. The molecule has 2 heterocycles.